The standard InChI is InChI=1S/C13H30N2O2Si/c1-13(2,3)18(4,5)17-12-7-10(15-9-12)6-11(16)8-14/h10-12,15-16H,6-9,14H2,1-5H3/t10-,11-,12-/m1/s1. The Morgan fingerprint density at radius 1 is 1.44 bits per heavy atom. The molecule has 1 heterocycles. The van der Waals surface area contributed by atoms with Crippen molar-refractivity contribution < 1.29 is 9.53 Å². The smallest absolute Gasteiger partial charge is 0.192 e. The molecule has 4 N–H and O–H groups in total. The first-order valence-electron chi connectivity index (χ1n) is 6.95. The Labute approximate surface area is 112 Å². The zero-order valence-corrected chi connectivity index (χ0v) is 13.5. The van der Waals surface area contributed by atoms with Crippen LogP contribution in [0.5, 0.6) is 0 Å². The van der Waals surface area contributed by atoms with Crippen molar-refractivity contribution in [2.75, 3.05) is 13.1 Å². The summed E-state index contributed by atoms with van der Waals surface area (Å²) in [5.41, 5.74) is 5.44. The maximum absolute atomic E-state index is 9.57. The summed E-state index contributed by atoms with van der Waals surface area (Å²) in [4.78, 5) is 0. The fourth-order valence-electron chi connectivity index (χ4n) is 2.07. The fraction of sp³-hybridized carbons (Fsp3) is 1.00. The monoisotopic (exact) mass is 274 g/mol. The number of nitrogens with two attached hydrogens (primary N) is 1. The first-order valence-corrected chi connectivity index (χ1v) is 9.86. The second kappa shape index (κ2) is 6.01. The summed E-state index contributed by atoms with van der Waals surface area (Å²) in [7, 11) is -1.67. The Balaban J connectivity index is 2.43. The van der Waals surface area contributed by atoms with Gasteiger partial charge in [0.2, 0.25) is 0 Å². The van der Waals surface area contributed by atoms with E-state index in [0.717, 1.165) is 19.4 Å². The summed E-state index contributed by atoms with van der Waals surface area (Å²) >= 11 is 0. The van der Waals surface area contributed by atoms with Crippen molar-refractivity contribution in [1.29, 1.82) is 0 Å². The average molecular weight is 274 g/mol. The number of aliphatic hydroxyl groups excluding tert-OH is 1. The molecule has 0 aliphatic carbocycles. The molecule has 0 unspecified atom stereocenters. The molecule has 3 atom stereocenters. The van der Waals surface area contributed by atoms with E-state index in [9.17, 15) is 5.11 Å². The minimum Gasteiger partial charge on any atom is -0.413 e. The normalized spacial score (nSPS) is 27.5. The lowest BCUT2D eigenvalue weighted by Gasteiger charge is -2.38. The van der Waals surface area contributed by atoms with Crippen LogP contribution >= 0.6 is 0 Å². The predicted molar refractivity (Wildman–Crippen MR) is 78.2 cm³/mol. The third kappa shape index (κ3) is 4.31. The Kier molecular flexibility index (Phi) is 5.38. The van der Waals surface area contributed by atoms with Gasteiger partial charge in [0.25, 0.3) is 0 Å². The topological polar surface area (TPSA) is 67.5 Å². The molecular formula is C13H30N2O2Si. The zero-order valence-electron chi connectivity index (χ0n) is 12.5. The lowest BCUT2D eigenvalue weighted by Crippen LogP contribution is -2.44. The Bertz CT molecular complexity index is 266. The van der Waals surface area contributed by atoms with Crippen LogP contribution < -0.4 is 11.1 Å². The number of nitrogens with one attached hydrogen (secondary N) is 1. The molecule has 1 aliphatic rings. The number of rotatable bonds is 5. The van der Waals surface area contributed by atoms with Gasteiger partial charge in [-0.15, -0.1) is 0 Å². The van der Waals surface area contributed by atoms with Crippen LogP contribution in [0.15, 0.2) is 0 Å². The van der Waals surface area contributed by atoms with E-state index >= 15 is 0 Å². The minimum atomic E-state index is -1.67. The van der Waals surface area contributed by atoms with Gasteiger partial charge < -0.3 is 20.6 Å². The van der Waals surface area contributed by atoms with E-state index < -0.39 is 14.4 Å². The molecular weight excluding hydrogens is 244 g/mol. The Hall–Kier alpha value is 0.0569. The van der Waals surface area contributed by atoms with Crippen LogP contribution in [0.25, 0.3) is 0 Å². The van der Waals surface area contributed by atoms with Gasteiger partial charge in [0.1, 0.15) is 0 Å². The molecule has 4 nitrogen and oxygen atoms in total. The van der Waals surface area contributed by atoms with Crippen LogP contribution in [-0.4, -0.2) is 44.8 Å². The van der Waals surface area contributed by atoms with E-state index in [1.54, 1.807) is 0 Å². The van der Waals surface area contributed by atoms with Crippen LogP contribution in [0.3, 0.4) is 0 Å². The van der Waals surface area contributed by atoms with Crippen molar-refractivity contribution in [3.8, 4) is 0 Å². The van der Waals surface area contributed by atoms with Gasteiger partial charge in [0.05, 0.1) is 12.2 Å². The molecule has 1 rings (SSSR count). The summed E-state index contributed by atoms with van der Waals surface area (Å²) in [5, 5.41) is 13.2. The molecule has 0 aromatic heterocycles. The van der Waals surface area contributed by atoms with Crippen LogP contribution in [-0.2, 0) is 4.43 Å². The van der Waals surface area contributed by atoms with E-state index in [2.05, 4.69) is 39.2 Å². The second-order valence-corrected chi connectivity index (χ2v) is 11.7. The van der Waals surface area contributed by atoms with Crippen molar-refractivity contribution in [3.05, 3.63) is 0 Å². The van der Waals surface area contributed by atoms with E-state index in [0.29, 0.717) is 18.7 Å². The van der Waals surface area contributed by atoms with Gasteiger partial charge in [0, 0.05) is 19.1 Å². The summed E-state index contributed by atoms with van der Waals surface area (Å²) in [6.45, 7) is 12.6. The van der Waals surface area contributed by atoms with Crippen LogP contribution in [0, 0.1) is 0 Å². The maximum atomic E-state index is 9.57. The highest BCUT2D eigenvalue weighted by atomic mass is 28.4. The molecule has 1 aliphatic heterocycles. The minimum absolute atomic E-state index is 0.252. The molecule has 1 saturated heterocycles. The molecule has 0 bridgehead atoms. The summed E-state index contributed by atoms with van der Waals surface area (Å²) in [5.74, 6) is 0. The lowest BCUT2D eigenvalue weighted by atomic mass is 10.1. The van der Waals surface area contributed by atoms with E-state index in [-0.39, 0.29) is 5.04 Å². The van der Waals surface area contributed by atoms with Gasteiger partial charge >= 0.3 is 0 Å². The number of aliphatic hydroxyl groups is 1. The molecule has 108 valence electrons. The Morgan fingerprint density at radius 3 is 2.56 bits per heavy atom. The molecule has 0 radical (unpaired) electrons. The third-order valence-corrected chi connectivity index (χ3v) is 8.81. The van der Waals surface area contributed by atoms with E-state index in [1.807, 2.05) is 0 Å². The van der Waals surface area contributed by atoms with E-state index in [4.69, 9.17) is 10.2 Å². The quantitative estimate of drug-likeness (QED) is 0.664. The highest BCUT2D eigenvalue weighted by Crippen LogP contribution is 2.38. The van der Waals surface area contributed by atoms with Gasteiger partial charge in [-0.05, 0) is 31.0 Å². The molecule has 0 saturated carbocycles. The van der Waals surface area contributed by atoms with Crippen LogP contribution in [0.4, 0.5) is 0 Å². The molecule has 1 fully saturated rings. The molecule has 0 aromatic carbocycles. The fourth-order valence-corrected chi connectivity index (χ4v) is 3.44. The van der Waals surface area contributed by atoms with Crippen molar-refractivity contribution in [2.24, 2.45) is 5.73 Å². The van der Waals surface area contributed by atoms with Gasteiger partial charge in [0.15, 0.2) is 8.32 Å². The maximum Gasteiger partial charge on any atom is 0.192 e. The van der Waals surface area contributed by atoms with Gasteiger partial charge in [-0.2, -0.15) is 0 Å². The SMILES string of the molecule is CC(C)(C)[Si](C)(C)O[C@H]1CN[C@H](C[C@@H](O)CN)C1. The third-order valence-electron chi connectivity index (χ3n) is 4.28. The molecule has 0 amide bonds. The highest BCUT2D eigenvalue weighted by molar-refractivity contribution is 6.74. The lowest BCUT2D eigenvalue weighted by molar-refractivity contribution is 0.154. The molecule has 18 heavy (non-hydrogen) atoms. The van der Waals surface area contributed by atoms with Gasteiger partial charge in [-0.1, -0.05) is 20.8 Å². The van der Waals surface area contributed by atoms with E-state index in [1.165, 1.54) is 0 Å². The second-order valence-electron chi connectivity index (χ2n) is 6.97. The molecule has 0 spiro atoms. The summed E-state index contributed by atoms with van der Waals surface area (Å²) in [6.07, 6.45) is 1.62. The Morgan fingerprint density at radius 2 is 2.06 bits per heavy atom. The van der Waals surface area contributed by atoms with Crippen molar-refractivity contribution in [3.63, 3.8) is 0 Å². The van der Waals surface area contributed by atoms with Gasteiger partial charge in [-0.25, -0.2) is 0 Å². The average Bonchev–Trinajstić information content (AvgIpc) is 2.62. The first kappa shape index (κ1) is 16.1. The van der Waals surface area contributed by atoms with Gasteiger partial charge in [-0.3, -0.25) is 0 Å². The van der Waals surface area contributed by atoms with Crippen LogP contribution in [0.1, 0.15) is 33.6 Å². The summed E-state index contributed by atoms with van der Waals surface area (Å²) < 4.78 is 6.37. The first-order chi connectivity index (χ1) is 8.15. The number of hydrogen-bond donors (Lipinski definition) is 3. The zero-order chi connectivity index (χ0) is 14.0. The largest absolute Gasteiger partial charge is 0.413 e. The molecule has 5 heteroatoms. The van der Waals surface area contributed by atoms with Crippen LogP contribution in [0.2, 0.25) is 18.1 Å². The molecule has 0 aromatic rings. The van der Waals surface area contributed by atoms with Crippen molar-refractivity contribution in [2.45, 2.75) is 70.0 Å². The summed E-state index contributed by atoms with van der Waals surface area (Å²) in [6, 6.07) is 0.346. The number of hydrogen-bond acceptors (Lipinski definition) is 4. The van der Waals surface area contributed by atoms with Crippen molar-refractivity contribution >= 4 is 8.32 Å². The highest BCUT2D eigenvalue weighted by Gasteiger charge is 2.40. The predicted octanol–water partition coefficient (Wildman–Crippen LogP) is 1.45. The van der Waals surface area contributed by atoms with Crippen molar-refractivity contribution in [1.82, 2.24) is 5.32 Å².